The molecule has 1 aliphatic carbocycles. The van der Waals surface area contributed by atoms with Crippen molar-refractivity contribution in [2.75, 3.05) is 19.0 Å². The number of methoxy groups -OCH3 is 1. The molecule has 0 saturated heterocycles. The molecule has 1 fully saturated rings. The van der Waals surface area contributed by atoms with Crippen molar-refractivity contribution in [1.82, 2.24) is 9.78 Å². The molecule has 0 spiro atoms. The van der Waals surface area contributed by atoms with Gasteiger partial charge in [0.2, 0.25) is 5.91 Å². The highest BCUT2D eigenvalue weighted by atomic mass is 19.4. The van der Waals surface area contributed by atoms with Gasteiger partial charge in [0.05, 0.1) is 12.0 Å². The molecule has 1 aliphatic rings. The van der Waals surface area contributed by atoms with Gasteiger partial charge in [0.1, 0.15) is 5.82 Å². The van der Waals surface area contributed by atoms with E-state index in [-0.39, 0.29) is 23.9 Å². The molecule has 21 heavy (non-hydrogen) atoms. The van der Waals surface area contributed by atoms with Gasteiger partial charge in [-0.1, -0.05) is 6.42 Å². The smallest absolute Gasteiger partial charge is 0.384 e. The number of ether oxygens (including phenoxy) is 1. The van der Waals surface area contributed by atoms with Crippen molar-refractivity contribution in [1.29, 1.82) is 0 Å². The van der Waals surface area contributed by atoms with E-state index in [1.807, 2.05) is 0 Å². The van der Waals surface area contributed by atoms with Crippen molar-refractivity contribution in [3.63, 3.8) is 0 Å². The lowest BCUT2D eigenvalue weighted by molar-refractivity contribution is -0.142. The fourth-order valence-corrected chi connectivity index (χ4v) is 2.63. The van der Waals surface area contributed by atoms with Gasteiger partial charge >= 0.3 is 6.18 Å². The van der Waals surface area contributed by atoms with Crippen molar-refractivity contribution in [3.05, 3.63) is 11.3 Å². The summed E-state index contributed by atoms with van der Waals surface area (Å²) < 4.78 is 44.5. The second-order valence-electron chi connectivity index (χ2n) is 5.46. The van der Waals surface area contributed by atoms with Crippen LogP contribution in [0.1, 0.15) is 30.5 Å². The molecule has 0 unspecified atom stereocenters. The Morgan fingerprint density at radius 2 is 2.10 bits per heavy atom. The second-order valence-corrected chi connectivity index (χ2v) is 5.46. The molecule has 1 N–H and O–H groups in total. The van der Waals surface area contributed by atoms with Crippen LogP contribution in [0.15, 0.2) is 0 Å². The van der Waals surface area contributed by atoms with E-state index in [0.717, 1.165) is 11.1 Å². The van der Waals surface area contributed by atoms with Crippen molar-refractivity contribution in [2.45, 2.75) is 32.4 Å². The highest BCUT2D eigenvalue weighted by Crippen LogP contribution is 2.42. The van der Waals surface area contributed by atoms with Crippen molar-refractivity contribution in [3.8, 4) is 0 Å². The summed E-state index contributed by atoms with van der Waals surface area (Å²) in [4.78, 5) is 12.4. The van der Waals surface area contributed by atoms with E-state index in [0.29, 0.717) is 12.8 Å². The monoisotopic (exact) mass is 305 g/mol. The molecule has 8 heteroatoms. The first-order chi connectivity index (χ1) is 9.71. The Hall–Kier alpha value is -1.57. The van der Waals surface area contributed by atoms with E-state index in [2.05, 4.69) is 10.4 Å². The fourth-order valence-electron chi connectivity index (χ4n) is 2.63. The zero-order valence-electron chi connectivity index (χ0n) is 12.2. The topological polar surface area (TPSA) is 56.1 Å². The number of amides is 1. The Morgan fingerprint density at radius 1 is 1.48 bits per heavy atom. The summed E-state index contributed by atoms with van der Waals surface area (Å²) in [6.07, 6.45) is -2.27. The van der Waals surface area contributed by atoms with E-state index in [1.54, 1.807) is 0 Å². The number of hydrogen-bond acceptors (Lipinski definition) is 3. The molecule has 1 amide bonds. The predicted octanol–water partition coefficient (Wildman–Crippen LogP) is 2.50. The number of carbonyl (C=O) groups excluding carboxylic acids is 1. The molecular formula is C13H18F3N3O2. The number of rotatable bonds is 4. The molecule has 0 bridgehead atoms. The Kier molecular flexibility index (Phi) is 4.01. The first kappa shape index (κ1) is 15.8. The third-order valence-electron chi connectivity index (χ3n) is 4.00. The van der Waals surface area contributed by atoms with Crippen LogP contribution < -0.4 is 5.32 Å². The van der Waals surface area contributed by atoms with Crippen molar-refractivity contribution in [2.24, 2.45) is 12.5 Å². The Bertz CT molecular complexity index is 548. The standard InChI is InChI=1S/C13H18F3N3O2/c1-8-9(13(14,15)16)18-19(2)10(8)17-11(20)12(7-21-3)5-4-6-12/h4-7H2,1-3H3,(H,17,20). The first-order valence-electron chi connectivity index (χ1n) is 6.62. The summed E-state index contributed by atoms with van der Waals surface area (Å²) in [5.41, 5.74) is -1.69. The number of halogens is 3. The van der Waals surface area contributed by atoms with Gasteiger partial charge in [0, 0.05) is 19.7 Å². The number of carbonyl (C=O) groups is 1. The van der Waals surface area contributed by atoms with Gasteiger partial charge in [-0.2, -0.15) is 18.3 Å². The normalized spacial score (nSPS) is 17.4. The van der Waals surface area contributed by atoms with E-state index in [4.69, 9.17) is 4.74 Å². The van der Waals surface area contributed by atoms with Crippen LogP contribution in [0.3, 0.4) is 0 Å². The van der Waals surface area contributed by atoms with Crippen LogP contribution in [0.25, 0.3) is 0 Å². The maximum Gasteiger partial charge on any atom is 0.435 e. The Morgan fingerprint density at radius 3 is 2.48 bits per heavy atom. The Labute approximate surface area is 120 Å². The third-order valence-corrected chi connectivity index (χ3v) is 4.00. The second kappa shape index (κ2) is 5.32. The lowest BCUT2D eigenvalue weighted by Gasteiger charge is -2.39. The molecule has 1 aromatic rings. The molecule has 1 heterocycles. The average Bonchev–Trinajstić information content (AvgIpc) is 2.61. The first-order valence-corrected chi connectivity index (χ1v) is 6.62. The minimum atomic E-state index is -4.54. The van der Waals surface area contributed by atoms with Gasteiger partial charge in [-0.3, -0.25) is 9.48 Å². The minimum absolute atomic E-state index is 0.0784. The number of hydrogen-bond donors (Lipinski definition) is 1. The molecule has 1 saturated carbocycles. The van der Waals surface area contributed by atoms with Gasteiger partial charge in [0.25, 0.3) is 0 Å². The highest BCUT2D eigenvalue weighted by molar-refractivity contribution is 5.96. The maximum absolute atomic E-state index is 12.8. The van der Waals surface area contributed by atoms with Gasteiger partial charge in [-0.15, -0.1) is 0 Å². The zero-order valence-corrected chi connectivity index (χ0v) is 12.2. The fraction of sp³-hybridized carbons (Fsp3) is 0.692. The molecular weight excluding hydrogens is 287 g/mol. The lowest BCUT2D eigenvalue weighted by Crippen LogP contribution is -2.45. The summed E-state index contributed by atoms with van der Waals surface area (Å²) in [6.45, 7) is 1.57. The summed E-state index contributed by atoms with van der Waals surface area (Å²) in [7, 11) is 2.88. The minimum Gasteiger partial charge on any atom is -0.384 e. The van der Waals surface area contributed by atoms with Gasteiger partial charge in [0.15, 0.2) is 5.69 Å². The molecule has 0 atom stereocenters. The number of nitrogens with one attached hydrogen (secondary N) is 1. The Balaban J connectivity index is 2.24. The van der Waals surface area contributed by atoms with Crippen LogP contribution in [0, 0.1) is 12.3 Å². The number of alkyl halides is 3. The van der Waals surface area contributed by atoms with Crippen molar-refractivity contribution >= 4 is 11.7 Å². The summed E-state index contributed by atoms with van der Waals surface area (Å²) in [6, 6.07) is 0. The molecule has 1 aromatic heterocycles. The average molecular weight is 305 g/mol. The van der Waals surface area contributed by atoms with Crippen LogP contribution >= 0.6 is 0 Å². The van der Waals surface area contributed by atoms with Crippen LogP contribution in [-0.4, -0.2) is 29.4 Å². The number of aryl methyl sites for hydroxylation is 1. The summed E-state index contributed by atoms with van der Waals surface area (Å²) in [5, 5.41) is 6.03. The zero-order chi connectivity index (χ0) is 15.8. The lowest BCUT2D eigenvalue weighted by atomic mass is 9.68. The number of anilines is 1. The molecule has 0 radical (unpaired) electrons. The quantitative estimate of drug-likeness (QED) is 0.930. The van der Waals surface area contributed by atoms with Crippen LogP contribution in [0.4, 0.5) is 19.0 Å². The van der Waals surface area contributed by atoms with E-state index in [1.165, 1.54) is 21.1 Å². The van der Waals surface area contributed by atoms with Gasteiger partial charge < -0.3 is 10.1 Å². The SMILES string of the molecule is COCC1(C(=O)Nc2c(C)c(C(F)(F)F)nn2C)CCC1. The number of aromatic nitrogens is 2. The van der Waals surface area contributed by atoms with E-state index in [9.17, 15) is 18.0 Å². The van der Waals surface area contributed by atoms with Gasteiger partial charge in [-0.05, 0) is 19.8 Å². The van der Waals surface area contributed by atoms with E-state index >= 15 is 0 Å². The number of nitrogens with zero attached hydrogens (tertiary/aromatic N) is 2. The third kappa shape index (κ3) is 2.76. The summed E-state index contributed by atoms with van der Waals surface area (Å²) in [5.74, 6) is -0.231. The predicted molar refractivity (Wildman–Crippen MR) is 69.7 cm³/mol. The molecule has 118 valence electrons. The molecule has 2 rings (SSSR count). The van der Waals surface area contributed by atoms with Crippen LogP contribution in [-0.2, 0) is 22.8 Å². The van der Waals surface area contributed by atoms with E-state index < -0.39 is 17.3 Å². The highest BCUT2D eigenvalue weighted by Gasteiger charge is 2.45. The largest absolute Gasteiger partial charge is 0.435 e. The summed E-state index contributed by atoms with van der Waals surface area (Å²) >= 11 is 0. The van der Waals surface area contributed by atoms with Crippen LogP contribution in [0.2, 0.25) is 0 Å². The van der Waals surface area contributed by atoms with Gasteiger partial charge in [-0.25, -0.2) is 0 Å². The maximum atomic E-state index is 12.8. The van der Waals surface area contributed by atoms with Crippen LogP contribution in [0.5, 0.6) is 0 Å². The molecule has 0 aromatic carbocycles. The molecule has 5 nitrogen and oxygen atoms in total. The molecule has 0 aliphatic heterocycles. The van der Waals surface area contributed by atoms with Crippen molar-refractivity contribution < 1.29 is 22.7 Å².